The summed E-state index contributed by atoms with van der Waals surface area (Å²) < 4.78 is 35.9. The number of thiophene rings is 1. The molecule has 0 spiro atoms. The zero-order chi connectivity index (χ0) is 15.6. The first-order valence-electron chi connectivity index (χ1n) is 6.95. The molecule has 2 atom stereocenters. The number of rotatable bonds is 5. The van der Waals surface area contributed by atoms with Gasteiger partial charge in [-0.2, -0.15) is 8.42 Å². The van der Waals surface area contributed by atoms with Crippen molar-refractivity contribution in [2.75, 3.05) is 13.7 Å². The number of fused-ring (bicyclic) bond motifs is 1. The summed E-state index contributed by atoms with van der Waals surface area (Å²) in [5.41, 5.74) is 1.20. The summed E-state index contributed by atoms with van der Waals surface area (Å²) in [5, 5.41) is 4.90. The van der Waals surface area contributed by atoms with Gasteiger partial charge in [0.05, 0.1) is 11.5 Å². The molecule has 1 unspecified atom stereocenters. The lowest BCUT2D eigenvalue weighted by Crippen LogP contribution is -2.39. The van der Waals surface area contributed by atoms with Gasteiger partial charge < -0.3 is 4.74 Å². The Morgan fingerprint density at radius 2 is 2.09 bits per heavy atom. The fourth-order valence-corrected chi connectivity index (χ4v) is 4.53. The Labute approximate surface area is 134 Å². The van der Waals surface area contributed by atoms with Crippen LogP contribution in [-0.2, 0) is 25.5 Å². The first-order valence-corrected chi connectivity index (χ1v) is 9.24. The highest BCUT2D eigenvalue weighted by Gasteiger charge is 2.33. The summed E-state index contributed by atoms with van der Waals surface area (Å²) in [6, 6.07) is 10.2. The van der Waals surface area contributed by atoms with Crippen LogP contribution in [0.5, 0.6) is 0 Å². The molecule has 22 heavy (non-hydrogen) atoms. The van der Waals surface area contributed by atoms with Crippen LogP contribution in [0.2, 0.25) is 0 Å². The van der Waals surface area contributed by atoms with Crippen LogP contribution in [0.1, 0.15) is 16.5 Å². The predicted octanol–water partition coefficient (Wildman–Crippen LogP) is 2.31. The maximum Gasteiger partial charge on any atom is 0.298 e. The van der Waals surface area contributed by atoms with Crippen LogP contribution >= 0.6 is 11.3 Å². The summed E-state index contributed by atoms with van der Waals surface area (Å²) in [5.74, 6) is 0. The molecule has 2 aromatic rings. The zero-order valence-corrected chi connectivity index (χ0v) is 13.7. The van der Waals surface area contributed by atoms with E-state index in [2.05, 4.69) is 5.32 Å². The van der Waals surface area contributed by atoms with E-state index in [4.69, 9.17) is 8.92 Å². The number of ether oxygens (including phenoxy) is 1. The van der Waals surface area contributed by atoms with Gasteiger partial charge in [-0.15, -0.1) is 11.3 Å². The smallest absolute Gasteiger partial charge is 0.298 e. The second kappa shape index (κ2) is 6.47. The summed E-state index contributed by atoms with van der Waals surface area (Å²) in [7, 11) is -2.18. The van der Waals surface area contributed by atoms with Crippen molar-refractivity contribution < 1.29 is 17.3 Å². The predicted molar refractivity (Wildman–Crippen MR) is 84.3 cm³/mol. The minimum absolute atomic E-state index is 0.137. The molecule has 0 saturated carbocycles. The Bertz CT molecular complexity index is 727. The van der Waals surface area contributed by atoms with Gasteiger partial charge in [-0.3, -0.25) is 5.32 Å². The van der Waals surface area contributed by atoms with Crippen molar-refractivity contribution in [1.29, 1.82) is 0 Å². The highest BCUT2D eigenvalue weighted by Crippen LogP contribution is 2.35. The lowest BCUT2D eigenvalue weighted by molar-refractivity contribution is -0.0410. The van der Waals surface area contributed by atoms with Gasteiger partial charge in [0.1, 0.15) is 6.10 Å². The molecule has 1 N–H and O–H groups in total. The quantitative estimate of drug-likeness (QED) is 0.669. The third kappa shape index (κ3) is 3.09. The number of hydrogen-bond donors (Lipinski definition) is 1. The molecule has 1 aliphatic rings. The van der Waals surface area contributed by atoms with Crippen LogP contribution in [0.15, 0.2) is 46.7 Å². The van der Waals surface area contributed by atoms with Gasteiger partial charge in [0, 0.05) is 4.88 Å². The Balaban J connectivity index is 1.85. The largest absolute Gasteiger partial charge is 0.368 e. The molecule has 1 aromatic carbocycles. The lowest BCUT2D eigenvalue weighted by atomic mass is 10.1. The van der Waals surface area contributed by atoms with Crippen molar-refractivity contribution in [3.05, 3.63) is 52.2 Å². The Kier molecular flexibility index (Phi) is 4.60. The highest BCUT2D eigenvalue weighted by atomic mass is 32.2. The van der Waals surface area contributed by atoms with Gasteiger partial charge in [-0.1, -0.05) is 18.2 Å². The molecule has 118 valence electrons. The number of nitrogens with one attached hydrogen (secondary N) is 1. The van der Waals surface area contributed by atoms with Crippen LogP contribution in [0.25, 0.3) is 0 Å². The zero-order valence-electron chi connectivity index (χ0n) is 12.1. The van der Waals surface area contributed by atoms with Gasteiger partial charge in [0.15, 0.2) is 6.23 Å². The van der Waals surface area contributed by atoms with Gasteiger partial charge in [-0.05, 0) is 42.6 Å². The second-order valence-electron chi connectivity index (χ2n) is 4.92. The van der Waals surface area contributed by atoms with E-state index in [-0.39, 0.29) is 4.90 Å². The first-order chi connectivity index (χ1) is 10.6. The SMILES string of the molecule is CN[C@@H](OS(=O)(=O)c1ccccc1)C1OCCc2ccsc21. The molecule has 0 saturated heterocycles. The number of likely N-dealkylation sites (N-methyl/N-ethyl adjacent to an activating group) is 1. The van der Waals surface area contributed by atoms with Crippen molar-refractivity contribution >= 4 is 21.5 Å². The molecule has 3 rings (SSSR count). The monoisotopic (exact) mass is 339 g/mol. The van der Waals surface area contributed by atoms with E-state index in [1.807, 2.05) is 11.4 Å². The standard InChI is InChI=1S/C15H17NO4S2/c1-16-15(13-14-11(7-9-19-13)8-10-21-14)20-22(17,18)12-5-3-2-4-6-12/h2-6,8,10,13,15-16H,7,9H2,1H3/t13?,15-/m0/s1. The average Bonchev–Trinajstić information content (AvgIpc) is 3.02. The van der Waals surface area contributed by atoms with Gasteiger partial charge in [0.2, 0.25) is 0 Å². The van der Waals surface area contributed by atoms with Crippen LogP contribution in [0, 0.1) is 0 Å². The third-order valence-corrected chi connectivity index (χ3v) is 5.86. The molecular weight excluding hydrogens is 322 g/mol. The van der Waals surface area contributed by atoms with E-state index < -0.39 is 22.4 Å². The van der Waals surface area contributed by atoms with Crippen LogP contribution in [-0.4, -0.2) is 28.3 Å². The maximum atomic E-state index is 12.4. The van der Waals surface area contributed by atoms with Gasteiger partial charge >= 0.3 is 0 Å². The molecule has 2 heterocycles. The summed E-state index contributed by atoms with van der Waals surface area (Å²) in [6.45, 7) is 0.557. The molecule has 1 aromatic heterocycles. The Morgan fingerprint density at radius 1 is 1.32 bits per heavy atom. The molecule has 0 fully saturated rings. The fraction of sp³-hybridized carbons (Fsp3) is 0.333. The Hall–Kier alpha value is -1.25. The van der Waals surface area contributed by atoms with Crippen molar-refractivity contribution in [2.45, 2.75) is 23.6 Å². The van der Waals surface area contributed by atoms with Gasteiger partial charge in [0.25, 0.3) is 10.1 Å². The minimum Gasteiger partial charge on any atom is -0.368 e. The highest BCUT2D eigenvalue weighted by molar-refractivity contribution is 7.86. The molecule has 0 bridgehead atoms. The van der Waals surface area contributed by atoms with Crippen molar-refractivity contribution in [3.63, 3.8) is 0 Å². The van der Waals surface area contributed by atoms with Crippen molar-refractivity contribution in [1.82, 2.24) is 5.32 Å². The van der Waals surface area contributed by atoms with Crippen LogP contribution in [0.3, 0.4) is 0 Å². The molecule has 0 amide bonds. The maximum absolute atomic E-state index is 12.4. The molecule has 0 aliphatic carbocycles. The topological polar surface area (TPSA) is 64.6 Å². The fourth-order valence-electron chi connectivity index (χ4n) is 2.43. The van der Waals surface area contributed by atoms with E-state index >= 15 is 0 Å². The van der Waals surface area contributed by atoms with Crippen LogP contribution < -0.4 is 5.32 Å². The van der Waals surface area contributed by atoms with Crippen LogP contribution in [0.4, 0.5) is 0 Å². The molecule has 5 nitrogen and oxygen atoms in total. The minimum atomic E-state index is -3.84. The van der Waals surface area contributed by atoms with E-state index in [0.717, 1.165) is 11.3 Å². The molecule has 0 radical (unpaired) electrons. The molecule has 7 heteroatoms. The van der Waals surface area contributed by atoms with E-state index in [9.17, 15) is 8.42 Å². The normalized spacial score (nSPS) is 19.6. The van der Waals surface area contributed by atoms with E-state index in [0.29, 0.717) is 6.61 Å². The third-order valence-electron chi connectivity index (χ3n) is 3.53. The Morgan fingerprint density at radius 3 is 2.82 bits per heavy atom. The summed E-state index contributed by atoms with van der Waals surface area (Å²) >= 11 is 1.56. The van der Waals surface area contributed by atoms with Crippen molar-refractivity contribution in [2.24, 2.45) is 0 Å². The number of benzene rings is 1. The van der Waals surface area contributed by atoms with E-state index in [1.165, 1.54) is 17.7 Å². The molecular formula is C15H17NO4S2. The van der Waals surface area contributed by atoms with E-state index in [1.54, 1.807) is 36.6 Å². The number of hydrogen-bond acceptors (Lipinski definition) is 6. The molecule has 1 aliphatic heterocycles. The summed E-state index contributed by atoms with van der Waals surface area (Å²) in [4.78, 5) is 1.16. The van der Waals surface area contributed by atoms with Gasteiger partial charge in [-0.25, -0.2) is 4.18 Å². The summed E-state index contributed by atoms with van der Waals surface area (Å²) in [6.07, 6.45) is -0.341. The van der Waals surface area contributed by atoms with Crippen molar-refractivity contribution in [3.8, 4) is 0 Å². The average molecular weight is 339 g/mol. The second-order valence-corrected chi connectivity index (χ2v) is 7.44. The first kappa shape index (κ1) is 15.6. The lowest BCUT2D eigenvalue weighted by Gasteiger charge is -2.29.